The van der Waals surface area contributed by atoms with Crippen molar-refractivity contribution in [2.24, 2.45) is 0 Å². The van der Waals surface area contributed by atoms with Crippen LogP contribution < -0.4 is 0 Å². The normalized spacial score (nSPS) is 14.6. The van der Waals surface area contributed by atoms with E-state index in [-0.39, 0.29) is 0 Å². The summed E-state index contributed by atoms with van der Waals surface area (Å²) in [5, 5.41) is 1.16. The number of furan rings is 1. The number of nitrogens with zero attached hydrogens (tertiary/aromatic N) is 1. The first-order valence-corrected chi connectivity index (χ1v) is 19.9. The molecule has 2 nitrogen and oxygen atoms in total. The Morgan fingerprint density at radius 1 is 0.328 bits per heavy atom. The summed E-state index contributed by atoms with van der Waals surface area (Å²) in [6.45, 7) is 0. The van der Waals surface area contributed by atoms with Crippen LogP contribution in [0.1, 0.15) is 22.5 Å². The number of fused-ring (bicyclic) bond motifs is 12. The first kappa shape index (κ1) is 32.7. The SMILES string of the molecule is c1ccc(-c2ccc(-c3cc(-c4cccc(-c5ccc6c(c5)C5(c7ccccc7-6)c6ccccc6-c6c5oc5ccccc65)c4)cc(-c4ccccc4)n3)cc2)cc1. The largest absolute Gasteiger partial charge is 0.459 e. The maximum atomic E-state index is 6.99. The van der Waals surface area contributed by atoms with Crippen LogP contribution in [0.3, 0.4) is 0 Å². The van der Waals surface area contributed by atoms with Crippen LogP contribution in [-0.2, 0) is 5.41 Å². The number of pyridine rings is 1. The van der Waals surface area contributed by atoms with Crippen molar-refractivity contribution in [1.29, 1.82) is 0 Å². The molecule has 0 N–H and O–H groups in total. The Balaban J connectivity index is 1.01. The number of hydrogen-bond donors (Lipinski definition) is 0. The maximum absolute atomic E-state index is 6.99. The highest BCUT2D eigenvalue weighted by atomic mass is 16.3. The van der Waals surface area contributed by atoms with Gasteiger partial charge in [0.05, 0.1) is 11.4 Å². The molecule has 12 rings (SSSR count). The van der Waals surface area contributed by atoms with Crippen LogP contribution in [0, 0.1) is 0 Å². The summed E-state index contributed by atoms with van der Waals surface area (Å²) >= 11 is 0. The van der Waals surface area contributed by atoms with Crippen molar-refractivity contribution in [3.63, 3.8) is 0 Å². The van der Waals surface area contributed by atoms with Gasteiger partial charge >= 0.3 is 0 Å². The second kappa shape index (κ2) is 12.7. The Kier molecular flexibility index (Phi) is 7.18. The van der Waals surface area contributed by atoms with E-state index in [4.69, 9.17) is 9.40 Å². The Morgan fingerprint density at radius 3 is 1.59 bits per heavy atom. The van der Waals surface area contributed by atoms with Crippen LogP contribution in [0.2, 0.25) is 0 Å². The van der Waals surface area contributed by atoms with E-state index in [2.05, 4.69) is 212 Å². The number of aromatic nitrogens is 1. The van der Waals surface area contributed by atoms with Gasteiger partial charge < -0.3 is 4.42 Å². The van der Waals surface area contributed by atoms with Gasteiger partial charge in [-0.2, -0.15) is 0 Å². The molecule has 0 amide bonds. The van der Waals surface area contributed by atoms with Gasteiger partial charge in [0.2, 0.25) is 0 Å². The first-order chi connectivity index (χ1) is 28.7. The molecule has 0 aliphatic heterocycles. The molecule has 0 radical (unpaired) electrons. The van der Waals surface area contributed by atoms with Gasteiger partial charge in [0, 0.05) is 22.1 Å². The van der Waals surface area contributed by atoms with Crippen LogP contribution in [-0.4, -0.2) is 4.98 Å². The standard InChI is InChI=1S/C56H35NO/c1-3-14-36(15-4-1)37-26-28-39(29-27-37)52-35-43(34-51(57-52)38-16-5-2-6-17-38)41-19-13-18-40(32-41)42-30-31-45-44-20-7-10-23-48(44)56(50(45)33-42)49-24-11-8-21-46(49)54-47-22-9-12-25-53(47)58-55(54)56/h1-35H. The predicted octanol–water partition coefficient (Wildman–Crippen LogP) is 14.5. The summed E-state index contributed by atoms with van der Waals surface area (Å²) in [5.74, 6) is 1.02. The van der Waals surface area contributed by atoms with E-state index < -0.39 is 5.41 Å². The van der Waals surface area contributed by atoms with Gasteiger partial charge in [-0.3, -0.25) is 0 Å². The Morgan fingerprint density at radius 2 is 0.828 bits per heavy atom. The molecule has 1 atom stereocenters. The summed E-state index contributed by atoms with van der Waals surface area (Å²) in [6.07, 6.45) is 0. The van der Waals surface area contributed by atoms with Crippen LogP contribution in [0.5, 0.6) is 0 Å². The summed E-state index contributed by atoms with van der Waals surface area (Å²) in [4.78, 5) is 5.23. The molecule has 8 aromatic carbocycles. The smallest absolute Gasteiger partial charge is 0.135 e. The Hall–Kier alpha value is -7.55. The predicted molar refractivity (Wildman–Crippen MR) is 237 cm³/mol. The van der Waals surface area contributed by atoms with Crippen molar-refractivity contribution >= 4 is 11.0 Å². The molecular weight excluding hydrogens is 703 g/mol. The summed E-state index contributed by atoms with van der Waals surface area (Å²) < 4.78 is 6.99. The molecule has 2 aromatic heterocycles. The third-order valence-electron chi connectivity index (χ3n) is 12.3. The fraction of sp³-hybridized carbons (Fsp3) is 0.0179. The highest BCUT2D eigenvalue weighted by molar-refractivity contribution is 6.04. The molecule has 0 saturated heterocycles. The molecule has 2 aliphatic rings. The quantitative estimate of drug-likeness (QED) is 0.176. The van der Waals surface area contributed by atoms with Gasteiger partial charge in [-0.15, -0.1) is 0 Å². The van der Waals surface area contributed by atoms with E-state index in [1.165, 1.54) is 55.6 Å². The van der Waals surface area contributed by atoms with Crippen molar-refractivity contribution in [2.45, 2.75) is 5.41 Å². The van der Waals surface area contributed by atoms with Crippen LogP contribution in [0.15, 0.2) is 217 Å². The minimum atomic E-state index is -0.564. The highest BCUT2D eigenvalue weighted by Gasteiger charge is 2.55. The lowest BCUT2D eigenvalue weighted by Crippen LogP contribution is -2.25. The summed E-state index contributed by atoms with van der Waals surface area (Å²) in [5.41, 5.74) is 20.2. The fourth-order valence-electron chi connectivity index (χ4n) is 9.67. The van der Waals surface area contributed by atoms with Crippen LogP contribution in [0.4, 0.5) is 0 Å². The van der Waals surface area contributed by atoms with Crippen molar-refractivity contribution in [3.05, 3.63) is 235 Å². The van der Waals surface area contributed by atoms with Crippen LogP contribution >= 0.6 is 0 Å². The average Bonchev–Trinajstić information content (AvgIpc) is 3.93. The number of benzene rings is 8. The third-order valence-corrected chi connectivity index (χ3v) is 12.3. The maximum Gasteiger partial charge on any atom is 0.135 e. The molecule has 270 valence electrons. The van der Waals surface area contributed by atoms with Crippen molar-refractivity contribution in [3.8, 4) is 78.1 Å². The monoisotopic (exact) mass is 737 g/mol. The minimum Gasteiger partial charge on any atom is -0.459 e. The third kappa shape index (κ3) is 4.82. The molecule has 2 heteroatoms. The molecule has 0 saturated carbocycles. The van der Waals surface area contributed by atoms with Gasteiger partial charge in [-0.1, -0.05) is 182 Å². The van der Waals surface area contributed by atoms with E-state index in [1.807, 2.05) is 0 Å². The van der Waals surface area contributed by atoms with E-state index in [9.17, 15) is 0 Å². The second-order valence-corrected chi connectivity index (χ2v) is 15.4. The molecule has 10 aromatic rings. The summed E-state index contributed by atoms with van der Waals surface area (Å²) in [7, 11) is 0. The summed E-state index contributed by atoms with van der Waals surface area (Å²) in [6, 6.07) is 76.5. The lowest BCUT2D eigenvalue weighted by molar-refractivity contribution is 0.507. The molecule has 2 aliphatic carbocycles. The van der Waals surface area contributed by atoms with Gasteiger partial charge in [0.1, 0.15) is 16.8 Å². The molecule has 0 fully saturated rings. The molecule has 0 bridgehead atoms. The molecule has 2 heterocycles. The number of rotatable bonds is 5. The number of para-hydroxylation sites is 1. The van der Waals surface area contributed by atoms with Crippen LogP contribution in [0.25, 0.3) is 89.1 Å². The van der Waals surface area contributed by atoms with Crippen molar-refractivity contribution in [1.82, 2.24) is 4.98 Å². The van der Waals surface area contributed by atoms with E-state index in [0.29, 0.717) is 0 Å². The molecule has 58 heavy (non-hydrogen) atoms. The minimum absolute atomic E-state index is 0.564. The van der Waals surface area contributed by atoms with Gasteiger partial charge in [0.25, 0.3) is 0 Å². The van der Waals surface area contributed by atoms with Gasteiger partial charge in [-0.25, -0.2) is 4.98 Å². The highest BCUT2D eigenvalue weighted by Crippen LogP contribution is 2.64. The topological polar surface area (TPSA) is 26.0 Å². The molecular formula is C56H35NO. The molecule has 1 unspecified atom stereocenters. The van der Waals surface area contributed by atoms with Crippen molar-refractivity contribution in [2.75, 3.05) is 0 Å². The Bertz CT molecular complexity index is 3210. The number of hydrogen-bond acceptors (Lipinski definition) is 2. The van der Waals surface area contributed by atoms with Gasteiger partial charge in [0.15, 0.2) is 0 Å². The fourth-order valence-corrected chi connectivity index (χ4v) is 9.67. The lowest BCUT2D eigenvalue weighted by Gasteiger charge is -2.28. The van der Waals surface area contributed by atoms with E-state index >= 15 is 0 Å². The van der Waals surface area contributed by atoms with Gasteiger partial charge in [-0.05, 0) is 97.1 Å². The first-order valence-electron chi connectivity index (χ1n) is 19.9. The zero-order valence-electron chi connectivity index (χ0n) is 31.6. The van der Waals surface area contributed by atoms with E-state index in [1.54, 1.807) is 0 Å². The zero-order valence-corrected chi connectivity index (χ0v) is 31.6. The van der Waals surface area contributed by atoms with Crippen molar-refractivity contribution < 1.29 is 4.42 Å². The second-order valence-electron chi connectivity index (χ2n) is 15.4. The zero-order chi connectivity index (χ0) is 38.2. The van der Waals surface area contributed by atoms with E-state index in [0.717, 1.165) is 55.9 Å². The average molecular weight is 738 g/mol. The molecule has 1 spiro atoms. The lowest BCUT2D eigenvalue weighted by atomic mass is 9.73. The Labute approximate surface area is 337 Å².